The molecule has 0 saturated carbocycles. The van der Waals surface area contributed by atoms with Gasteiger partial charge in [-0.25, -0.2) is 9.37 Å². The number of rotatable bonds is 7. The molecule has 126 valence electrons. The zero-order valence-electron chi connectivity index (χ0n) is 13.3. The topological polar surface area (TPSA) is 87.9 Å². The average molecular weight is 330 g/mol. The molecule has 0 aliphatic rings. The number of aliphatic hydroxyl groups is 1. The standard InChI is InChI=1S/C16H19FN6O/c1-2-23-10-20-13-14(19-9-11-4-3-5-12(17)8-11)21-16(18-6-7-24)22-15(13)23/h3-5,8,10,24H,2,6-7,9H2,1H3,(H2,18,19,21,22). The van der Waals surface area contributed by atoms with E-state index >= 15 is 0 Å². The summed E-state index contributed by atoms with van der Waals surface area (Å²) in [5.74, 6) is 0.702. The Labute approximate surface area is 138 Å². The number of aliphatic hydroxyl groups excluding tert-OH is 1. The average Bonchev–Trinajstić information content (AvgIpc) is 3.01. The lowest BCUT2D eigenvalue weighted by molar-refractivity contribution is 0.311. The van der Waals surface area contributed by atoms with Crippen molar-refractivity contribution in [2.24, 2.45) is 0 Å². The van der Waals surface area contributed by atoms with E-state index in [1.54, 1.807) is 12.4 Å². The predicted molar refractivity (Wildman–Crippen MR) is 90.3 cm³/mol. The molecule has 0 bridgehead atoms. The van der Waals surface area contributed by atoms with Crippen molar-refractivity contribution in [3.8, 4) is 0 Å². The van der Waals surface area contributed by atoms with Crippen molar-refractivity contribution in [3.05, 3.63) is 42.0 Å². The van der Waals surface area contributed by atoms with Crippen LogP contribution < -0.4 is 10.6 Å². The lowest BCUT2D eigenvalue weighted by Crippen LogP contribution is -2.11. The van der Waals surface area contributed by atoms with Crippen molar-refractivity contribution in [1.82, 2.24) is 19.5 Å². The van der Waals surface area contributed by atoms with Gasteiger partial charge >= 0.3 is 0 Å². The van der Waals surface area contributed by atoms with Gasteiger partial charge in [0.05, 0.1) is 12.9 Å². The lowest BCUT2D eigenvalue weighted by Gasteiger charge is -2.10. The number of aromatic nitrogens is 4. The first-order chi connectivity index (χ1) is 11.7. The fraction of sp³-hybridized carbons (Fsp3) is 0.312. The third-order valence-corrected chi connectivity index (χ3v) is 3.55. The van der Waals surface area contributed by atoms with Crippen LogP contribution in [0.15, 0.2) is 30.6 Å². The molecule has 2 aromatic heterocycles. The minimum atomic E-state index is -0.275. The molecule has 7 nitrogen and oxygen atoms in total. The van der Waals surface area contributed by atoms with E-state index in [2.05, 4.69) is 25.6 Å². The summed E-state index contributed by atoms with van der Waals surface area (Å²) >= 11 is 0. The normalized spacial score (nSPS) is 11.0. The Morgan fingerprint density at radius 2 is 2.12 bits per heavy atom. The maximum atomic E-state index is 13.3. The molecule has 1 aromatic carbocycles. The SMILES string of the molecule is CCn1cnc2c(NCc3cccc(F)c3)nc(NCCO)nc21. The number of hydrogen-bond acceptors (Lipinski definition) is 6. The molecule has 3 rings (SSSR count). The summed E-state index contributed by atoms with van der Waals surface area (Å²) in [6.45, 7) is 3.50. The van der Waals surface area contributed by atoms with E-state index in [9.17, 15) is 4.39 Å². The molecule has 24 heavy (non-hydrogen) atoms. The molecule has 0 aliphatic heterocycles. The molecule has 0 unspecified atom stereocenters. The van der Waals surface area contributed by atoms with Crippen LogP contribution >= 0.6 is 0 Å². The van der Waals surface area contributed by atoms with Crippen molar-refractivity contribution >= 4 is 22.9 Å². The fourth-order valence-corrected chi connectivity index (χ4v) is 2.38. The van der Waals surface area contributed by atoms with E-state index < -0.39 is 0 Å². The zero-order valence-corrected chi connectivity index (χ0v) is 13.3. The molecule has 0 radical (unpaired) electrons. The number of hydrogen-bond donors (Lipinski definition) is 3. The van der Waals surface area contributed by atoms with Crippen LogP contribution in [-0.2, 0) is 13.1 Å². The van der Waals surface area contributed by atoms with Crippen LogP contribution in [0.2, 0.25) is 0 Å². The van der Waals surface area contributed by atoms with Crippen LogP contribution in [0, 0.1) is 5.82 Å². The molecule has 0 amide bonds. The summed E-state index contributed by atoms with van der Waals surface area (Å²) in [5.41, 5.74) is 2.17. The van der Waals surface area contributed by atoms with Crippen molar-refractivity contribution in [2.45, 2.75) is 20.0 Å². The molecule has 0 fully saturated rings. The van der Waals surface area contributed by atoms with Crippen LogP contribution in [0.1, 0.15) is 12.5 Å². The first-order valence-electron chi connectivity index (χ1n) is 7.77. The second kappa shape index (κ2) is 7.22. The van der Waals surface area contributed by atoms with E-state index in [-0.39, 0.29) is 12.4 Å². The summed E-state index contributed by atoms with van der Waals surface area (Å²) in [5, 5.41) is 15.1. The van der Waals surface area contributed by atoms with Crippen molar-refractivity contribution in [2.75, 3.05) is 23.8 Å². The molecule has 3 N–H and O–H groups in total. The smallest absolute Gasteiger partial charge is 0.226 e. The van der Waals surface area contributed by atoms with Crippen LogP contribution in [0.3, 0.4) is 0 Å². The third-order valence-electron chi connectivity index (χ3n) is 3.55. The van der Waals surface area contributed by atoms with Crippen LogP contribution in [0.5, 0.6) is 0 Å². The largest absolute Gasteiger partial charge is 0.395 e. The van der Waals surface area contributed by atoms with E-state index in [1.165, 1.54) is 12.1 Å². The Hall–Kier alpha value is -2.74. The van der Waals surface area contributed by atoms with Gasteiger partial charge in [0.1, 0.15) is 5.82 Å². The summed E-state index contributed by atoms with van der Waals surface area (Å²) in [4.78, 5) is 13.2. The summed E-state index contributed by atoms with van der Waals surface area (Å²) < 4.78 is 15.2. The van der Waals surface area contributed by atoms with Gasteiger partial charge in [-0.1, -0.05) is 12.1 Å². The fourth-order valence-electron chi connectivity index (χ4n) is 2.38. The maximum absolute atomic E-state index is 13.3. The Morgan fingerprint density at radius 1 is 1.25 bits per heavy atom. The maximum Gasteiger partial charge on any atom is 0.226 e. The van der Waals surface area contributed by atoms with Crippen LogP contribution in [-0.4, -0.2) is 37.8 Å². The molecule has 3 aromatic rings. The summed E-state index contributed by atoms with van der Waals surface area (Å²) in [7, 11) is 0. The number of anilines is 2. The lowest BCUT2D eigenvalue weighted by atomic mass is 10.2. The highest BCUT2D eigenvalue weighted by Gasteiger charge is 2.12. The van der Waals surface area contributed by atoms with E-state index in [0.29, 0.717) is 36.0 Å². The van der Waals surface area contributed by atoms with Gasteiger partial charge < -0.3 is 20.3 Å². The van der Waals surface area contributed by atoms with Gasteiger partial charge in [0.15, 0.2) is 17.0 Å². The molecule has 0 saturated heterocycles. The highest BCUT2D eigenvalue weighted by atomic mass is 19.1. The number of halogens is 1. The quantitative estimate of drug-likeness (QED) is 0.614. The number of imidazole rings is 1. The Bertz CT molecular complexity index is 835. The van der Waals surface area contributed by atoms with E-state index in [4.69, 9.17) is 5.11 Å². The number of fused-ring (bicyclic) bond motifs is 1. The first-order valence-corrected chi connectivity index (χ1v) is 7.77. The summed E-state index contributed by atoms with van der Waals surface area (Å²) in [6, 6.07) is 6.39. The Morgan fingerprint density at radius 3 is 2.88 bits per heavy atom. The van der Waals surface area contributed by atoms with Crippen molar-refractivity contribution in [1.29, 1.82) is 0 Å². The van der Waals surface area contributed by atoms with Gasteiger partial charge in [0, 0.05) is 19.6 Å². The second-order valence-corrected chi connectivity index (χ2v) is 5.23. The van der Waals surface area contributed by atoms with Gasteiger partial charge in [-0.05, 0) is 24.6 Å². The molecular weight excluding hydrogens is 311 g/mol. The number of aryl methyl sites for hydroxylation is 1. The minimum Gasteiger partial charge on any atom is -0.395 e. The first kappa shape index (κ1) is 16.1. The van der Waals surface area contributed by atoms with Crippen molar-refractivity contribution < 1.29 is 9.50 Å². The second-order valence-electron chi connectivity index (χ2n) is 5.23. The molecule has 2 heterocycles. The Balaban J connectivity index is 1.91. The van der Waals surface area contributed by atoms with Gasteiger partial charge in [-0.15, -0.1) is 0 Å². The zero-order chi connectivity index (χ0) is 16.9. The van der Waals surface area contributed by atoms with Crippen molar-refractivity contribution in [3.63, 3.8) is 0 Å². The van der Waals surface area contributed by atoms with Gasteiger partial charge in [0.25, 0.3) is 0 Å². The predicted octanol–water partition coefficient (Wildman–Crippen LogP) is 2.00. The monoisotopic (exact) mass is 330 g/mol. The Kier molecular flexibility index (Phi) is 4.85. The summed E-state index contributed by atoms with van der Waals surface area (Å²) in [6.07, 6.45) is 1.71. The van der Waals surface area contributed by atoms with Crippen LogP contribution in [0.4, 0.5) is 16.2 Å². The highest BCUT2D eigenvalue weighted by molar-refractivity contribution is 5.84. The highest BCUT2D eigenvalue weighted by Crippen LogP contribution is 2.21. The van der Waals surface area contributed by atoms with Crippen LogP contribution in [0.25, 0.3) is 11.2 Å². The minimum absolute atomic E-state index is 0.0134. The van der Waals surface area contributed by atoms with Gasteiger partial charge in [-0.3, -0.25) is 0 Å². The van der Waals surface area contributed by atoms with E-state index in [0.717, 1.165) is 12.1 Å². The molecular formula is C16H19FN6O. The number of nitrogens with one attached hydrogen (secondary N) is 2. The van der Waals surface area contributed by atoms with Gasteiger partial charge in [0.2, 0.25) is 5.95 Å². The number of nitrogens with zero attached hydrogens (tertiary/aromatic N) is 4. The third kappa shape index (κ3) is 3.43. The van der Waals surface area contributed by atoms with Gasteiger partial charge in [-0.2, -0.15) is 9.97 Å². The number of benzene rings is 1. The molecule has 0 atom stereocenters. The molecule has 0 aliphatic carbocycles. The molecule has 0 spiro atoms. The molecule has 8 heteroatoms. The van der Waals surface area contributed by atoms with E-state index in [1.807, 2.05) is 17.6 Å².